The monoisotopic (exact) mass is 321 g/mol. The van der Waals surface area contributed by atoms with Gasteiger partial charge < -0.3 is 5.11 Å². The Kier molecular flexibility index (Phi) is 4.06. The molecule has 4 rings (SSSR count). The first-order chi connectivity index (χ1) is 11.3. The summed E-state index contributed by atoms with van der Waals surface area (Å²) in [6, 6.07) is 18.8. The predicted molar refractivity (Wildman–Crippen MR) is 95.6 cm³/mol. The molecule has 2 nitrogen and oxygen atoms in total. The highest BCUT2D eigenvalue weighted by molar-refractivity contribution is 7.98. The summed E-state index contributed by atoms with van der Waals surface area (Å²) in [6.07, 6.45) is 2.45. The lowest BCUT2D eigenvalue weighted by molar-refractivity contribution is 0.151. The molecule has 0 bridgehead atoms. The van der Waals surface area contributed by atoms with Crippen LogP contribution in [0.25, 0.3) is 10.9 Å². The lowest BCUT2D eigenvalue weighted by Crippen LogP contribution is -2.13. The number of hydrogen-bond acceptors (Lipinski definition) is 3. The summed E-state index contributed by atoms with van der Waals surface area (Å²) in [7, 11) is 0. The smallest absolute Gasteiger partial charge is 0.0963 e. The van der Waals surface area contributed by atoms with Gasteiger partial charge in [0.15, 0.2) is 0 Å². The number of nitrogens with zero attached hydrogens (tertiary/aromatic N) is 1. The number of aliphatic hydroxyl groups is 1. The first-order valence-corrected chi connectivity index (χ1v) is 9.08. The first kappa shape index (κ1) is 14.7. The zero-order valence-electron chi connectivity index (χ0n) is 12.9. The summed E-state index contributed by atoms with van der Waals surface area (Å²) in [6.45, 7) is 0. The largest absolute Gasteiger partial charge is 0.387 e. The molecule has 1 aromatic heterocycles. The van der Waals surface area contributed by atoms with E-state index in [4.69, 9.17) is 4.98 Å². The van der Waals surface area contributed by atoms with Gasteiger partial charge in [-0.3, -0.25) is 0 Å². The van der Waals surface area contributed by atoms with Crippen molar-refractivity contribution < 1.29 is 5.11 Å². The third-order valence-corrected chi connectivity index (χ3v) is 5.65. The molecule has 1 N–H and O–H groups in total. The molecular weight excluding hydrogens is 302 g/mol. The minimum absolute atomic E-state index is 0.417. The van der Waals surface area contributed by atoms with E-state index in [0.29, 0.717) is 0 Å². The van der Waals surface area contributed by atoms with E-state index in [9.17, 15) is 5.11 Å². The minimum Gasteiger partial charge on any atom is -0.387 e. The van der Waals surface area contributed by atoms with Crippen molar-refractivity contribution in [1.82, 2.24) is 4.98 Å². The van der Waals surface area contributed by atoms with Crippen molar-refractivity contribution in [2.45, 2.75) is 36.0 Å². The van der Waals surface area contributed by atoms with Crippen LogP contribution in [-0.4, -0.2) is 10.1 Å². The average molecular weight is 321 g/mol. The van der Waals surface area contributed by atoms with Crippen LogP contribution in [-0.2, 0) is 12.2 Å². The topological polar surface area (TPSA) is 33.1 Å². The second-order valence-corrected chi connectivity index (χ2v) is 6.99. The number of para-hydroxylation sites is 1. The molecule has 0 saturated carbocycles. The fourth-order valence-electron chi connectivity index (χ4n) is 3.26. The van der Waals surface area contributed by atoms with Crippen LogP contribution in [0.2, 0.25) is 0 Å². The van der Waals surface area contributed by atoms with Crippen molar-refractivity contribution in [3.05, 3.63) is 71.4 Å². The van der Waals surface area contributed by atoms with Gasteiger partial charge in [0.2, 0.25) is 0 Å². The Hall–Kier alpha value is -1.84. The fourth-order valence-corrected chi connectivity index (χ4v) is 4.47. The number of rotatable bonds is 3. The molecule has 0 fully saturated rings. The summed E-state index contributed by atoms with van der Waals surface area (Å²) >= 11 is 1.87. The average Bonchev–Trinajstić information content (AvgIpc) is 2.60. The van der Waals surface area contributed by atoms with Gasteiger partial charge in [-0.15, -0.1) is 11.8 Å². The van der Waals surface area contributed by atoms with Gasteiger partial charge in [-0.05, 0) is 36.5 Å². The maximum absolute atomic E-state index is 10.4. The van der Waals surface area contributed by atoms with E-state index in [2.05, 4.69) is 36.4 Å². The summed E-state index contributed by atoms with van der Waals surface area (Å²) in [5, 5.41) is 11.6. The zero-order chi connectivity index (χ0) is 15.6. The summed E-state index contributed by atoms with van der Waals surface area (Å²) in [5.41, 5.74) is 4.46. The van der Waals surface area contributed by atoms with Gasteiger partial charge in [0.25, 0.3) is 0 Å². The third kappa shape index (κ3) is 2.87. The lowest BCUT2D eigenvalue weighted by atomic mass is 9.92. The van der Waals surface area contributed by atoms with Crippen molar-refractivity contribution in [3.8, 4) is 0 Å². The van der Waals surface area contributed by atoms with Crippen LogP contribution < -0.4 is 0 Å². The van der Waals surface area contributed by atoms with Crippen LogP contribution in [0, 0.1) is 0 Å². The van der Waals surface area contributed by atoms with E-state index in [-0.39, 0.29) is 0 Å². The summed E-state index contributed by atoms with van der Waals surface area (Å²) in [4.78, 5) is 6.05. The highest BCUT2D eigenvalue weighted by atomic mass is 32.2. The van der Waals surface area contributed by atoms with Crippen LogP contribution in [0.4, 0.5) is 0 Å². The second kappa shape index (κ2) is 6.34. The molecule has 1 unspecified atom stereocenters. The van der Waals surface area contributed by atoms with Gasteiger partial charge in [0.1, 0.15) is 0 Å². The Morgan fingerprint density at radius 2 is 1.83 bits per heavy atom. The van der Waals surface area contributed by atoms with E-state index >= 15 is 0 Å². The van der Waals surface area contributed by atoms with Gasteiger partial charge in [0, 0.05) is 16.0 Å². The molecule has 2 aromatic carbocycles. The lowest BCUT2D eigenvalue weighted by Gasteiger charge is -2.24. The van der Waals surface area contributed by atoms with Gasteiger partial charge >= 0.3 is 0 Å². The van der Waals surface area contributed by atoms with E-state index in [0.717, 1.165) is 36.2 Å². The third-order valence-electron chi connectivity index (χ3n) is 4.42. The molecule has 0 amide bonds. The van der Waals surface area contributed by atoms with E-state index in [1.807, 2.05) is 30.0 Å². The molecule has 0 radical (unpaired) electrons. The van der Waals surface area contributed by atoms with Gasteiger partial charge in [-0.1, -0.05) is 48.5 Å². The molecule has 0 spiro atoms. The van der Waals surface area contributed by atoms with Crippen LogP contribution in [0.3, 0.4) is 0 Å². The predicted octanol–water partition coefficient (Wildman–Crippen LogP) is 4.90. The van der Waals surface area contributed by atoms with E-state index in [1.165, 1.54) is 21.4 Å². The van der Waals surface area contributed by atoms with Gasteiger partial charge in [-0.2, -0.15) is 0 Å². The van der Waals surface area contributed by atoms with Crippen LogP contribution in [0.5, 0.6) is 0 Å². The standard InChI is InChI=1S/C20H19NOS/c22-18-12-6-10-16-19(18)21-17-11-5-4-9-15(17)20(16)23-13-14-7-2-1-3-8-14/h1-5,7-9,11,18,22H,6,10,12-13H2. The van der Waals surface area contributed by atoms with Crippen LogP contribution in [0.1, 0.15) is 35.8 Å². The molecule has 0 aliphatic heterocycles. The van der Waals surface area contributed by atoms with Crippen molar-refractivity contribution in [3.63, 3.8) is 0 Å². The molecule has 1 atom stereocenters. The number of aromatic nitrogens is 1. The van der Waals surface area contributed by atoms with Crippen molar-refractivity contribution >= 4 is 22.7 Å². The molecule has 1 aliphatic rings. The van der Waals surface area contributed by atoms with Crippen LogP contribution in [0.15, 0.2) is 59.5 Å². The number of fused-ring (bicyclic) bond motifs is 2. The van der Waals surface area contributed by atoms with Gasteiger partial charge in [0.05, 0.1) is 17.3 Å². The number of pyridine rings is 1. The normalized spacial score (nSPS) is 17.2. The number of benzene rings is 2. The number of aliphatic hydroxyl groups excluding tert-OH is 1. The van der Waals surface area contributed by atoms with Crippen LogP contribution >= 0.6 is 11.8 Å². The fraction of sp³-hybridized carbons (Fsp3) is 0.250. The molecule has 1 aliphatic carbocycles. The Bertz CT molecular complexity index is 832. The zero-order valence-corrected chi connectivity index (χ0v) is 13.7. The highest BCUT2D eigenvalue weighted by Gasteiger charge is 2.24. The maximum atomic E-state index is 10.4. The highest BCUT2D eigenvalue weighted by Crippen LogP contribution is 2.40. The maximum Gasteiger partial charge on any atom is 0.0963 e. The summed E-state index contributed by atoms with van der Waals surface area (Å²) in [5.74, 6) is 0.942. The molecule has 0 saturated heterocycles. The molecule has 3 heteroatoms. The molecule has 1 heterocycles. The molecule has 3 aromatic rings. The minimum atomic E-state index is -0.417. The van der Waals surface area contributed by atoms with Gasteiger partial charge in [-0.25, -0.2) is 4.98 Å². The Balaban J connectivity index is 1.80. The quantitative estimate of drug-likeness (QED) is 0.697. The Labute approximate surface area is 140 Å². The Morgan fingerprint density at radius 3 is 2.70 bits per heavy atom. The second-order valence-electron chi connectivity index (χ2n) is 6.00. The van der Waals surface area contributed by atoms with E-state index < -0.39 is 6.10 Å². The summed E-state index contributed by atoms with van der Waals surface area (Å²) < 4.78 is 0. The Morgan fingerprint density at radius 1 is 1.04 bits per heavy atom. The first-order valence-electron chi connectivity index (χ1n) is 8.09. The number of hydrogen-bond donors (Lipinski definition) is 1. The van der Waals surface area contributed by atoms with Crippen molar-refractivity contribution in [2.24, 2.45) is 0 Å². The molecular formula is C20H19NOS. The van der Waals surface area contributed by atoms with Crippen molar-refractivity contribution in [2.75, 3.05) is 0 Å². The SMILES string of the molecule is OC1CCCc2c1nc1ccccc1c2SCc1ccccc1. The molecule has 23 heavy (non-hydrogen) atoms. The molecule has 116 valence electrons. The number of thioether (sulfide) groups is 1. The van der Waals surface area contributed by atoms with E-state index in [1.54, 1.807) is 0 Å². The van der Waals surface area contributed by atoms with Crippen molar-refractivity contribution in [1.29, 1.82) is 0 Å².